The number of ether oxygens (including phenoxy) is 1. The monoisotopic (exact) mass is 304 g/mol. The molecule has 1 atom stereocenters. The van der Waals surface area contributed by atoms with Crippen molar-refractivity contribution in [1.82, 2.24) is 0 Å². The minimum atomic E-state index is -1.29. The Labute approximate surface area is 125 Å². The van der Waals surface area contributed by atoms with Gasteiger partial charge in [0.25, 0.3) is 0 Å². The summed E-state index contributed by atoms with van der Waals surface area (Å²) in [6, 6.07) is 14.8. The normalized spacial score (nSPS) is 10.7. The van der Waals surface area contributed by atoms with Gasteiger partial charge in [-0.25, -0.2) is 0 Å². The third kappa shape index (κ3) is 4.76. The van der Waals surface area contributed by atoms with Gasteiger partial charge in [0.2, 0.25) is 8.69 Å². The van der Waals surface area contributed by atoms with Gasteiger partial charge in [-0.15, -0.1) is 0 Å². The van der Waals surface area contributed by atoms with Gasteiger partial charge >= 0.3 is 0 Å². The van der Waals surface area contributed by atoms with Gasteiger partial charge in [-0.05, 0) is 30.7 Å². The summed E-state index contributed by atoms with van der Waals surface area (Å²) in [5.74, 6) is 1.43. The van der Waals surface area contributed by atoms with Crippen LogP contribution in [0.1, 0.15) is 18.1 Å². The minimum absolute atomic E-state index is 0.134. The van der Waals surface area contributed by atoms with Crippen LogP contribution in [0.25, 0.3) is 0 Å². The summed E-state index contributed by atoms with van der Waals surface area (Å²) in [6.07, 6.45) is 0.434. The highest BCUT2D eigenvalue weighted by Crippen LogP contribution is 2.23. The van der Waals surface area contributed by atoms with Gasteiger partial charge in [0.05, 0.1) is 0 Å². The van der Waals surface area contributed by atoms with Crippen molar-refractivity contribution >= 4 is 14.5 Å². The molecule has 0 aliphatic heterocycles. The Bertz CT molecular complexity index is 622. The highest BCUT2D eigenvalue weighted by molar-refractivity contribution is 7.17. The summed E-state index contributed by atoms with van der Waals surface area (Å²) < 4.78 is 21.4. The van der Waals surface area contributed by atoms with E-state index in [-0.39, 0.29) is 5.78 Å². The first kappa shape index (κ1) is 15.3. The van der Waals surface area contributed by atoms with E-state index in [0.717, 1.165) is 11.1 Å². The third-order valence-corrected chi connectivity index (χ3v) is 3.27. The first-order chi connectivity index (χ1) is 10.2. The van der Waals surface area contributed by atoms with E-state index in [4.69, 9.17) is 9.26 Å². The Morgan fingerprint density at radius 1 is 1.10 bits per heavy atom. The minimum Gasteiger partial charge on any atom is -0.489 e. The third-order valence-electron chi connectivity index (χ3n) is 2.92. The summed E-state index contributed by atoms with van der Waals surface area (Å²) in [5.41, 5.74) is 1.81. The molecule has 0 saturated heterocycles. The molecule has 110 valence electrons. The lowest BCUT2D eigenvalue weighted by atomic mass is 10.1. The molecule has 0 spiro atoms. The first-order valence-corrected chi connectivity index (χ1v) is 7.52. The van der Waals surface area contributed by atoms with E-state index in [9.17, 15) is 9.36 Å². The largest absolute Gasteiger partial charge is 0.489 e. The van der Waals surface area contributed by atoms with Gasteiger partial charge in [-0.1, -0.05) is 30.3 Å². The van der Waals surface area contributed by atoms with Crippen LogP contribution in [0.15, 0.2) is 48.5 Å². The summed E-state index contributed by atoms with van der Waals surface area (Å²) in [7, 11) is -1.29. The Morgan fingerprint density at radius 2 is 1.81 bits per heavy atom. The van der Waals surface area contributed by atoms with E-state index in [1.807, 2.05) is 42.5 Å². The molecule has 0 aromatic heterocycles. The van der Waals surface area contributed by atoms with E-state index in [1.165, 1.54) is 0 Å². The summed E-state index contributed by atoms with van der Waals surface area (Å²) in [6.45, 7) is 1.90. The molecule has 2 aromatic carbocycles. The molecule has 2 rings (SSSR count). The van der Waals surface area contributed by atoms with Crippen LogP contribution in [0.2, 0.25) is 0 Å². The van der Waals surface area contributed by atoms with Crippen LogP contribution in [0.3, 0.4) is 0 Å². The fourth-order valence-corrected chi connectivity index (χ4v) is 2.28. The number of hydrogen-bond acceptors (Lipinski definition) is 4. The fourth-order valence-electron chi connectivity index (χ4n) is 1.94. The van der Waals surface area contributed by atoms with Crippen molar-refractivity contribution in [3.8, 4) is 11.5 Å². The van der Waals surface area contributed by atoms with E-state index in [0.29, 0.717) is 24.5 Å². The van der Waals surface area contributed by atoms with Crippen LogP contribution in [0.5, 0.6) is 11.5 Å². The van der Waals surface area contributed by atoms with Crippen molar-refractivity contribution in [2.24, 2.45) is 0 Å². The predicted octanol–water partition coefficient (Wildman–Crippen LogP) is 3.45. The molecule has 4 nitrogen and oxygen atoms in total. The molecule has 0 aliphatic carbocycles. The molecule has 0 N–H and O–H groups in total. The number of rotatable bonds is 7. The zero-order valence-corrected chi connectivity index (χ0v) is 12.9. The molecule has 0 aliphatic rings. The van der Waals surface area contributed by atoms with Gasteiger partial charge < -0.3 is 9.26 Å². The molecule has 2 aromatic rings. The van der Waals surface area contributed by atoms with E-state index < -0.39 is 8.69 Å². The lowest BCUT2D eigenvalue weighted by Gasteiger charge is -2.10. The van der Waals surface area contributed by atoms with Gasteiger partial charge in [0.15, 0.2) is 0 Å². The van der Waals surface area contributed by atoms with Gasteiger partial charge in [-0.2, -0.15) is 0 Å². The number of benzene rings is 2. The van der Waals surface area contributed by atoms with E-state index in [1.54, 1.807) is 13.0 Å². The van der Waals surface area contributed by atoms with Crippen molar-refractivity contribution in [3.63, 3.8) is 0 Å². The van der Waals surface area contributed by atoms with Crippen molar-refractivity contribution in [1.29, 1.82) is 0 Å². The Balaban J connectivity index is 1.99. The average molecular weight is 304 g/mol. The molecule has 21 heavy (non-hydrogen) atoms. The maximum atomic E-state index is 11.0. The second-order valence-electron chi connectivity index (χ2n) is 4.63. The van der Waals surface area contributed by atoms with E-state index >= 15 is 0 Å². The number of carbonyl (C=O) groups excluding carboxylic acids is 1. The lowest BCUT2D eigenvalue weighted by molar-refractivity contribution is -0.116. The van der Waals surface area contributed by atoms with E-state index in [2.05, 4.69) is 0 Å². The molecular weight excluding hydrogens is 287 g/mol. The average Bonchev–Trinajstić information content (AvgIpc) is 2.48. The number of hydrogen-bond donors (Lipinski definition) is 0. The smallest absolute Gasteiger partial charge is 0.225 e. The highest BCUT2D eigenvalue weighted by Gasteiger charge is 2.04. The zero-order chi connectivity index (χ0) is 15.1. The van der Waals surface area contributed by atoms with Crippen LogP contribution in [0.4, 0.5) is 0 Å². The van der Waals surface area contributed by atoms with Crippen molar-refractivity contribution in [2.75, 3.05) is 0 Å². The topological polar surface area (TPSA) is 52.6 Å². The Kier molecular flexibility index (Phi) is 5.59. The molecule has 0 amide bonds. The molecular formula is C16H17O4P. The molecule has 0 saturated carbocycles. The summed E-state index contributed by atoms with van der Waals surface area (Å²) in [5, 5.41) is 0. The molecule has 0 radical (unpaired) electrons. The van der Waals surface area contributed by atoms with Crippen LogP contribution in [-0.2, 0) is 22.4 Å². The number of carbonyl (C=O) groups is 1. The quantitative estimate of drug-likeness (QED) is 0.735. The highest BCUT2D eigenvalue weighted by atomic mass is 31.1. The lowest BCUT2D eigenvalue weighted by Crippen LogP contribution is -1.98. The van der Waals surface area contributed by atoms with Crippen LogP contribution >= 0.6 is 8.69 Å². The summed E-state index contributed by atoms with van der Waals surface area (Å²) >= 11 is 0. The van der Waals surface area contributed by atoms with Gasteiger partial charge in [0, 0.05) is 12.0 Å². The van der Waals surface area contributed by atoms with Crippen molar-refractivity contribution in [3.05, 3.63) is 59.7 Å². The fraction of sp³-hybridized carbons (Fsp3) is 0.188. The van der Waals surface area contributed by atoms with Crippen LogP contribution in [-0.4, -0.2) is 5.78 Å². The number of ketones is 1. The Hall–Kier alpha value is -2.06. The summed E-state index contributed by atoms with van der Waals surface area (Å²) in [4.78, 5) is 11.0. The maximum absolute atomic E-state index is 11.0. The molecule has 0 fully saturated rings. The molecule has 0 heterocycles. The van der Waals surface area contributed by atoms with Crippen molar-refractivity contribution in [2.45, 2.75) is 20.0 Å². The number of Topliss-reactive ketones (excluding diaryl/α,β-unsaturated/α-hetero) is 1. The molecule has 1 unspecified atom stereocenters. The van der Waals surface area contributed by atoms with Crippen molar-refractivity contribution < 1.29 is 18.6 Å². The number of para-hydroxylation sites is 1. The predicted molar refractivity (Wildman–Crippen MR) is 82.6 cm³/mol. The Morgan fingerprint density at radius 3 is 2.48 bits per heavy atom. The molecule has 5 heteroatoms. The second-order valence-corrected chi connectivity index (χ2v) is 5.06. The molecule has 0 bridgehead atoms. The van der Waals surface area contributed by atoms with Crippen LogP contribution in [0, 0.1) is 0 Å². The SMILES string of the molecule is CC(=O)Cc1ccc(OCc2ccccc2O[PH2]=O)cc1. The standard InChI is InChI=1S/C16H17O4P/c1-12(17)10-13-6-8-15(9-7-13)19-11-14-4-2-3-5-16(14)20-21-18/h2-9H,10-11,21H2,1H3. The van der Waals surface area contributed by atoms with Crippen LogP contribution < -0.4 is 9.26 Å². The second kappa shape index (κ2) is 7.65. The maximum Gasteiger partial charge on any atom is 0.225 e. The van der Waals surface area contributed by atoms with Gasteiger partial charge in [0.1, 0.15) is 23.9 Å². The van der Waals surface area contributed by atoms with Gasteiger partial charge in [-0.3, -0.25) is 9.36 Å². The zero-order valence-electron chi connectivity index (χ0n) is 11.7. The first-order valence-electron chi connectivity index (χ1n) is 6.58.